The van der Waals surface area contributed by atoms with E-state index in [-0.39, 0.29) is 11.2 Å². The van der Waals surface area contributed by atoms with E-state index >= 15 is 0 Å². The molecule has 1 aromatic rings. The minimum Gasteiger partial charge on any atom is -0.292 e. The fourth-order valence-electron chi connectivity index (χ4n) is 1.44. The number of ketones is 1. The molecule has 0 fully saturated rings. The molecule has 0 aromatic heterocycles. The van der Waals surface area contributed by atoms with Crippen LogP contribution in [0.25, 0.3) is 0 Å². The molecule has 0 radical (unpaired) electrons. The van der Waals surface area contributed by atoms with Crippen LogP contribution < -0.4 is 0 Å². The van der Waals surface area contributed by atoms with Gasteiger partial charge in [0, 0.05) is 10.0 Å². The second kappa shape index (κ2) is 2.86. The van der Waals surface area contributed by atoms with Crippen LogP contribution in [-0.4, -0.2) is 11.2 Å². The first-order valence-electron chi connectivity index (χ1n) is 3.66. The maximum Gasteiger partial charge on any atom is 0.181 e. The fraction of sp³-hybridized carbons (Fsp3) is 0.222. The average Bonchev–Trinajstić information content (AvgIpc) is 2.32. The molecule has 62 valence electrons. The first kappa shape index (κ1) is 8.27. The molecule has 1 aromatic carbocycles. The van der Waals surface area contributed by atoms with Gasteiger partial charge in [-0.25, -0.2) is 0 Å². The minimum atomic E-state index is -0.362. The van der Waals surface area contributed by atoms with Crippen LogP contribution in [0.1, 0.15) is 15.9 Å². The molecule has 0 N–H and O–H groups in total. The van der Waals surface area contributed by atoms with Gasteiger partial charge in [0.1, 0.15) is 5.38 Å². The summed E-state index contributed by atoms with van der Waals surface area (Å²) in [5.41, 5.74) is 1.81. The van der Waals surface area contributed by atoms with Crippen LogP contribution in [0.5, 0.6) is 0 Å². The van der Waals surface area contributed by atoms with Gasteiger partial charge in [-0.1, -0.05) is 28.1 Å². The highest BCUT2D eigenvalue weighted by molar-refractivity contribution is 9.10. The maximum atomic E-state index is 11.4. The molecule has 2 rings (SSSR count). The highest BCUT2D eigenvalue weighted by Crippen LogP contribution is 2.31. The van der Waals surface area contributed by atoms with Crippen molar-refractivity contribution in [2.24, 2.45) is 0 Å². The van der Waals surface area contributed by atoms with Crippen molar-refractivity contribution < 1.29 is 4.79 Å². The highest BCUT2D eigenvalue weighted by atomic mass is 79.9. The number of Topliss-reactive ketones (excluding diaryl/α,β-unsaturated/α-hetero) is 1. The lowest BCUT2D eigenvalue weighted by Crippen LogP contribution is -2.06. The summed E-state index contributed by atoms with van der Waals surface area (Å²) in [6.07, 6.45) is 0.650. The van der Waals surface area contributed by atoms with Gasteiger partial charge in [0.05, 0.1) is 0 Å². The van der Waals surface area contributed by atoms with Crippen LogP contribution in [-0.2, 0) is 6.42 Å². The van der Waals surface area contributed by atoms with E-state index in [1.165, 1.54) is 0 Å². The number of carbonyl (C=O) groups excluding carboxylic acids is 1. The van der Waals surface area contributed by atoms with E-state index in [1.807, 2.05) is 18.2 Å². The molecule has 0 amide bonds. The number of hydrogen-bond donors (Lipinski definition) is 0. The predicted octanol–water partition coefficient (Wildman–Crippen LogP) is 2.80. The molecule has 0 saturated carbocycles. The molecule has 1 nitrogen and oxygen atoms in total. The monoisotopic (exact) mass is 244 g/mol. The molecule has 1 atom stereocenters. The predicted molar refractivity (Wildman–Crippen MR) is 51.8 cm³/mol. The molecule has 0 bridgehead atoms. The van der Waals surface area contributed by atoms with E-state index in [9.17, 15) is 4.79 Å². The van der Waals surface area contributed by atoms with Gasteiger partial charge in [0.15, 0.2) is 5.78 Å². The Bertz CT molecular complexity index is 348. The SMILES string of the molecule is O=C1c2cccc(Br)c2CC1Cl. The minimum absolute atomic E-state index is 0.0490. The van der Waals surface area contributed by atoms with Gasteiger partial charge in [0.2, 0.25) is 0 Å². The van der Waals surface area contributed by atoms with Crippen molar-refractivity contribution >= 4 is 33.3 Å². The van der Waals surface area contributed by atoms with Gasteiger partial charge >= 0.3 is 0 Å². The normalized spacial score (nSPS) is 21.2. The second-order valence-corrected chi connectivity index (χ2v) is 4.18. The van der Waals surface area contributed by atoms with Gasteiger partial charge < -0.3 is 0 Å². The number of carbonyl (C=O) groups is 1. The molecule has 0 aliphatic heterocycles. The summed E-state index contributed by atoms with van der Waals surface area (Å²) in [6, 6.07) is 5.61. The smallest absolute Gasteiger partial charge is 0.181 e. The largest absolute Gasteiger partial charge is 0.292 e. The standard InChI is InChI=1S/C9H6BrClO/c10-7-3-1-2-5-6(7)4-8(11)9(5)12/h1-3,8H,4H2. The third-order valence-corrected chi connectivity index (χ3v) is 3.15. The zero-order valence-corrected chi connectivity index (χ0v) is 8.52. The van der Waals surface area contributed by atoms with Gasteiger partial charge in [-0.2, -0.15) is 0 Å². The number of hydrogen-bond acceptors (Lipinski definition) is 1. The number of alkyl halides is 1. The van der Waals surface area contributed by atoms with Crippen LogP contribution in [0.4, 0.5) is 0 Å². The molecule has 0 saturated heterocycles. The lowest BCUT2D eigenvalue weighted by atomic mass is 10.1. The number of benzene rings is 1. The quantitative estimate of drug-likeness (QED) is 0.643. The van der Waals surface area contributed by atoms with Crippen molar-refractivity contribution in [3.8, 4) is 0 Å². The summed E-state index contributed by atoms with van der Waals surface area (Å²) in [4.78, 5) is 11.4. The van der Waals surface area contributed by atoms with E-state index in [2.05, 4.69) is 15.9 Å². The Kier molecular flexibility index (Phi) is 1.97. The van der Waals surface area contributed by atoms with Crippen LogP contribution in [0.2, 0.25) is 0 Å². The third kappa shape index (κ3) is 1.10. The van der Waals surface area contributed by atoms with Gasteiger partial charge in [-0.05, 0) is 18.1 Å². The first-order valence-corrected chi connectivity index (χ1v) is 4.89. The summed E-state index contributed by atoms with van der Waals surface area (Å²) < 4.78 is 0.983. The van der Waals surface area contributed by atoms with Crippen molar-refractivity contribution in [2.45, 2.75) is 11.8 Å². The molecule has 0 spiro atoms. The van der Waals surface area contributed by atoms with E-state index in [4.69, 9.17) is 11.6 Å². The van der Waals surface area contributed by atoms with Crippen LogP contribution >= 0.6 is 27.5 Å². The molecule has 1 aliphatic carbocycles. The van der Waals surface area contributed by atoms with Crippen LogP contribution in [0, 0.1) is 0 Å². The van der Waals surface area contributed by atoms with E-state index in [0.29, 0.717) is 6.42 Å². The molecule has 0 heterocycles. The van der Waals surface area contributed by atoms with E-state index in [1.54, 1.807) is 0 Å². The highest BCUT2D eigenvalue weighted by Gasteiger charge is 2.29. The number of rotatable bonds is 0. The summed E-state index contributed by atoms with van der Waals surface area (Å²) >= 11 is 9.22. The van der Waals surface area contributed by atoms with Crippen molar-refractivity contribution in [1.82, 2.24) is 0 Å². The molecule has 1 unspecified atom stereocenters. The Morgan fingerprint density at radius 1 is 1.50 bits per heavy atom. The molecule has 1 aliphatic rings. The van der Waals surface area contributed by atoms with Crippen molar-refractivity contribution in [3.63, 3.8) is 0 Å². The zero-order chi connectivity index (χ0) is 8.72. The molecule has 3 heteroatoms. The lowest BCUT2D eigenvalue weighted by Gasteiger charge is -1.97. The number of fused-ring (bicyclic) bond motifs is 1. The van der Waals surface area contributed by atoms with E-state index < -0.39 is 0 Å². The second-order valence-electron chi connectivity index (χ2n) is 2.80. The van der Waals surface area contributed by atoms with Crippen LogP contribution in [0.15, 0.2) is 22.7 Å². The van der Waals surface area contributed by atoms with Gasteiger partial charge in [-0.3, -0.25) is 4.79 Å². The summed E-state index contributed by atoms with van der Waals surface area (Å²) in [6.45, 7) is 0. The summed E-state index contributed by atoms with van der Waals surface area (Å²) in [7, 11) is 0. The Hall–Kier alpha value is -0.340. The van der Waals surface area contributed by atoms with Gasteiger partial charge in [-0.15, -0.1) is 11.6 Å². The lowest BCUT2D eigenvalue weighted by molar-refractivity contribution is 0.0998. The van der Waals surface area contributed by atoms with E-state index in [0.717, 1.165) is 15.6 Å². The Morgan fingerprint density at radius 2 is 2.25 bits per heavy atom. The van der Waals surface area contributed by atoms with Crippen molar-refractivity contribution in [1.29, 1.82) is 0 Å². The Balaban J connectivity index is 2.61. The van der Waals surface area contributed by atoms with Crippen molar-refractivity contribution in [2.75, 3.05) is 0 Å². The molecular formula is C9H6BrClO. The number of halogens is 2. The van der Waals surface area contributed by atoms with Crippen molar-refractivity contribution in [3.05, 3.63) is 33.8 Å². The molecular weight excluding hydrogens is 239 g/mol. The Labute approximate surface area is 83.9 Å². The van der Waals surface area contributed by atoms with Gasteiger partial charge in [0.25, 0.3) is 0 Å². The van der Waals surface area contributed by atoms with Crippen LogP contribution in [0.3, 0.4) is 0 Å². The summed E-state index contributed by atoms with van der Waals surface area (Å²) in [5.74, 6) is 0.0490. The maximum absolute atomic E-state index is 11.4. The zero-order valence-electron chi connectivity index (χ0n) is 6.18. The Morgan fingerprint density at radius 3 is 2.92 bits per heavy atom. The molecule has 12 heavy (non-hydrogen) atoms. The summed E-state index contributed by atoms with van der Waals surface area (Å²) in [5, 5.41) is -0.362. The first-order chi connectivity index (χ1) is 5.70. The third-order valence-electron chi connectivity index (χ3n) is 2.05. The topological polar surface area (TPSA) is 17.1 Å². The fourth-order valence-corrected chi connectivity index (χ4v) is 2.24. The average molecular weight is 246 g/mol.